The number of nitrogens with zero attached hydrogens (tertiary/aromatic N) is 4. The SMILES string of the molecule is CN(C)CCCN1c2ccccc2C(c2ccccc2Br)=Nc2cccnc21. The fourth-order valence-corrected chi connectivity index (χ4v) is 3.99. The third-order valence-electron chi connectivity index (χ3n) is 4.82. The molecule has 1 aromatic heterocycles. The number of benzene rings is 2. The molecular formula is C23H23BrN4. The Morgan fingerprint density at radius 1 is 0.929 bits per heavy atom. The third kappa shape index (κ3) is 3.73. The molecule has 0 atom stereocenters. The van der Waals surface area contributed by atoms with E-state index in [0.717, 1.165) is 58.0 Å². The molecule has 0 spiro atoms. The van der Waals surface area contributed by atoms with Gasteiger partial charge in [0.15, 0.2) is 5.82 Å². The maximum absolute atomic E-state index is 5.08. The van der Waals surface area contributed by atoms with Gasteiger partial charge in [0.1, 0.15) is 5.69 Å². The number of pyridine rings is 1. The first kappa shape index (κ1) is 18.8. The minimum Gasteiger partial charge on any atom is -0.324 e. The lowest BCUT2D eigenvalue weighted by Gasteiger charge is -2.26. The van der Waals surface area contributed by atoms with Gasteiger partial charge >= 0.3 is 0 Å². The highest BCUT2D eigenvalue weighted by Crippen LogP contribution is 2.39. The quantitative estimate of drug-likeness (QED) is 0.537. The van der Waals surface area contributed by atoms with E-state index in [1.807, 2.05) is 24.4 Å². The smallest absolute Gasteiger partial charge is 0.159 e. The van der Waals surface area contributed by atoms with Crippen molar-refractivity contribution in [2.24, 2.45) is 4.99 Å². The van der Waals surface area contributed by atoms with E-state index in [0.29, 0.717) is 0 Å². The lowest BCUT2D eigenvalue weighted by molar-refractivity contribution is 0.402. The average Bonchev–Trinajstić information content (AvgIpc) is 2.84. The van der Waals surface area contributed by atoms with Gasteiger partial charge in [-0.2, -0.15) is 0 Å². The van der Waals surface area contributed by atoms with Gasteiger partial charge in [0.05, 0.1) is 11.4 Å². The van der Waals surface area contributed by atoms with Crippen LogP contribution in [0.4, 0.5) is 17.2 Å². The molecule has 0 unspecified atom stereocenters. The average molecular weight is 435 g/mol. The lowest BCUT2D eigenvalue weighted by atomic mass is 10.00. The molecule has 0 saturated carbocycles. The predicted octanol–water partition coefficient (Wildman–Crippen LogP) is 5.42. The number of fused-ring (bicyclic) bond motifs is 2. The maximum Gasteiger partial charge on any atom is 0.159 e. The van der Waals surface area contributed by atoms with E-state index in [1.54, 1.807) is 0 Å². The first-order valence-electron chi connectivity index (χ1n) is 9.45. The van der Waals surface area contributed by atoms with Gasteiger partial charge in [-0.25, -0.2) is 9.98 Å². The molecule has 142 valence electrons. The van der Waals surface area contributed by atoms with Crippen LogP contribution in [0.1, 0.15) is 17.5 Å². The van der Waals surface area contributed by atoms with Crippen LogP contribution in [0, 0.1) is 0 Å². The topological polar surface area (TPSA) is 31.7 Å². The van der Waals surface area contributed by atoms with Gasteiger partial charge in [-0.15, -0.1) is 0 Å². The van der Waals surface area contributed by atoms with Crippen LogP contribution < -0.4 is 4.90 Å². The summed E-state index contributed by atoms with van der Waals surface area (Å²) < 4.78 is 1.04. The summed E-state index contributed by atoms with van der Waals surface area (Å²) in [7, 11) is 4.22. The van der Waals surface area contributed by atoms with Crippen molar-refractivity contribution < 1.29 is 0 Å². The van der Waals surface area contributed by atoms with E-state index >= 15 is 0 Å². The summed E-state index contributed by atoms with van der Waals surface area (Å²) in [5.41, 5.74) is 5.21. The number of anilines is 2. The second kappa shape index (κ2) is 8.25. The minimum atomic E-state index is 0.887. The van der Waals surface area contributed by atoms with Crippen LogP contribution in [0.25, 0.3) is 0 Å². The molecular weight excluding hydrogens is 412 g/mol. The highest BCUT2D eigenvalue weighted by atomic mass is 79.9. The van der Waals surface area contributed by atoms with E-state index in [2.05, 4.69) is 82.3 Å². The molecule has 0 N–H and O–H groups in total. The van der Waals surface area contributed by atoms with Crippen LogP contribution in [0.3, 0.4) is 0 Å². The zero-order chi connectivity index (χ0) is 19.5. The number of rotatable bonds is 5. The van der Waals surface area contributed by atoms with Crippen molar-refractivity contribution in [2.75, 3.05) is 32.1 Å². The maximum atomic E-state index is 5.08. The van der Waals surface area contributed by atoms with Crippen LogP contribution in [-0.2, 0) is 0 Å². The Balaban J connectivity index is 1.88. The van der Waals surface area contributed by atoms with Crippen LogP contribution in [0.5, 0.6) is 0 Å². The molecule has 0 radical (unpaired) electrons. The van der Waals surface area contributed by atoms with Crippen LogP contribution >= 0.6 is 15.9 Å². The predicted molar refractivity (Wildman–Crippen MR) is 120 cm³/mol. The fraction of sp³-hybridized carbons (Fsp3) is 0.217. The molecule has 0 amide bonds. The summed E-state index contributed by atoms with van der Waals surface area (Å²) in [4.78, 5) is 14.3. The molecule has 1 aliphatic rings. The highest BCUT2D eigenvalue weighted by Gasteiger charge is 2.25. The standard InChI is InChI=1S/C23H23BrN4/c1-27(2)15-8-16-28-21-13-6-4-10-18(21)22(17-9-3-5-11-19(17)24)26-20-12-7-14-25-23(20)28/h3-7,9-14H,8,15-16H2,1-2H3. The second-order valence-corrected chi connectivity index (χ2v) is 7.97. The number of hydrogen-bond acceptors (Lipinski definition) is 4. The lowest BCUT2D eigenvalue weighted by Crippen LogP contribution is -2.24. The van der Waals surface area contributed by atoms with Gasteiger partial charge in [0.25, 0.3) is 0 Å². The summed E-state index contributed by atoms with van der Waals surface area (Å²) in [6.45, 7) is 1.91. The van der Waals surface area contributed by atoms with E-state index in [4.69, 9.17) is 9.98 Å². The van der Waals surface area contributed by atoms with E-state index in [1.165, 1.54) is 0 Å². The minimum absolute atomic E-state index is 0.887. The Morgan fingerprint density at radius 3 is 2.46 bits per heavy atom. The molecule has 2 aromatic carbocycles. The number of aliphatic imine (C=N–C) groups is 1. The second-order valence-electron chi connectivity index (χ2n) is 7.11. The van der Waals surface area contributed by atoms with Crippen molar-refractivity contribution in [1.29, 1.82) is 0 Å². The Morgan fingerprint density at radius 2 is 1.68 bits per heavy atom. The summed E-state index contributed by atoms with van der Waals surface area (Å²) in [6.07, 6.45) is 2.89. The first-order chi connectivity index (χ1) is 13.6. The van der Waals surface area contributed by atoms with Crippen molar-refractivity contribution in [3.8, 4) is 0 Å². The monoisotopic (exact) mass is 434 g/mol. The van der Waals surface area contributed by atoms with E-state index < -0.39 is 0 Å². The Bertz CT molecular complexity index is 1010. The number of hydrogen-bond donors (Lipinski definition) is 0. The molecule has 1 aliphatic heterocycles. The molecule has 0 saturated heterocycles. The summed E-state index contributed by atoms with van der Waals surface area (Å²) >= 11 is 3.71. The van der Waals surface area contributed by atoms with E-state index in [-0.39, 0.29) is 0 Å². The Kier molecular flexibility index (Phi) is 5.55. The zero-order valence-electron chi connectivity index (χ0n) is 16.1. The summed E-state index contributed by atoms with van der Waals surface area (Å²) in [5, 5.41) is 0. The summed E-state index contributed by atoms with van der Waals surface area (Å²) in [6, 6.07) is 20.7. The van der Waals surface area contributed by atoms with Crippen LogP contribution in [0.2, 0.25) is 0 Å². The molecule has 0 fully saturated rings. The van der Waals surface area contributed by atoms with Crippen LogP contribution in [0.15, 0.2) is 76.3 Å². The largest absolute Gasteiger partial charge is 0.324 e. The molecule has 5 heteroatoms. The van der Waals surface area contributed by atoms with Gasteiger partial charge in [-0.3, -0.25) is 0 Å². The van der Waals surface area contributed by atoms with Crippen LogP contribution in [-0.4, -0.2) is 42.8 Å². The van der Waals surface area contributed by atoms with Crippen molar-refractivity contribution >= 4 is 38.8 Å². The van der Waals surface area contributed by atoms with Gasteiger partial charge in [0.2, 0.25) is 0 Å². The van der Waals surface area contributed by atoms with Crippen molar-refractivity contribution in [1.82, 2.24) is 9.88 Å². The molecule has 4 rings (SSSR count). The van der Waals surface area contributed by atoms with Crippen molar-refractivity contribution in [3.05, 3.63) is 82.5 Å². The van der Waals surface area contributed by atoms with Crippen molar-refractivity contribution in [2.45, 2.75) is 6.42 Å². The molecule has 28 heavy (non-hydrogen) atoms. The first-order valence-corrected chi connectivity index (χ1v) is 10.2. The van der Waals surface area contributed by atoms with Crippen molar-refractivity contribution in [3.63, 3.8) is 0 Å². The molecule has 3 aromatic rings. The summed E-state index contributed by atoms with van der Waals surface area (Å²) in [5.74, 6) is 0.913. The van der Waals surface area contributed by atoms with Gasteiger partial charge in [-0.05, 0) is 51.3 Å². The molecule has 0 aliphatic carbocycles. The Labute approximate surface area is 174 Å². The van der Waals surface area contributed by atoms with Gasteiger partial charge in [-0.1, -0.05) is 52.3 Å². The fourth-order valence-electron chi connectivity index (χ4n) is 3.52. The van der Waals surface area contributed by atoms with Gasteiger partial charge < -0.3 is 9.80 Å². The molecule has 2 heterocycles. The van der Waals surface area contributed by atoms with E-state index in [9.17, 15) is 0 Å². The zero-order valence-corrected chi connectivity index (χ0v) is 17.7. The third-order valence-corrected chi connectivity index (χ3v) is 5.51. The van der Waals surface area contributed by atoms with Gasteiger partial charge in [0, 0.05) is 28.3 Å². The molecule has 0 bridgehead atoms. The molecule has 4 nitrogen and oxygen atoms in total. The number of halogens is 1. The normalized spacial score (nSPS) is 13.0. The Hall–Kier alpha value is -2.50. The number of aromatic nitrogens is 1. The number of para-hydroxylation sites is 1. The highest BCUT2D eigenvalue weighted by molar-refractivity contribution is 9.10.